The number of likely N-dealkylation sites (N-methyl/N-ethyl adjacent to an activating group) is 1. The van der Waals surface area contributed by atoms with Crippen molar-refractivity contribution in [3.8, 4) is 5.75 Å². The maximum absolute atomic E-state index is 13.9. The van der Waals surface area contributed by atoms with E-state index < -0.39 is 28.5 Å². The van der Waals surface area contributed by atoms with E-state index in [1.54, 1.807) is 82.5 Å². The summed E-state index contributed by atoms with van der Waals surface area (Å²) >= 11 is 6.13. The molecule has 0 aliphatic carbocycles. The van der Waals surface area contributed by atoms with E-state index in [2.05, 4.69) is 5.32 Å². The average molecular weight is 558 g/mol. The van der Waals surface area contributed by atoms with Gasteiger partial charge in [0, 0.05) is 18.1 Å². The molecule has 0 heterocycles. The van der Waals surface area contributed by atoms with Crippen molar-refractivity contribution in [2.24, 2.45) is 0 Å². The predicted octanol–water partition coefficient (Wildman–Crippen LogP) is 4.41. The van der Waals surface area contributed by atoms with Crippen LogP contribution in [0.2, 0.25) is 5.02 Å². The van der Waals surface area contributed by atoms with Crippen LogP contribution in [0.15, 0.2) is 77.7 Å². The molecule has 0 aliphatic heterocycles. The van der Waals surface area contributed by atoms with Crippen LogP contribution in [0.5, 0.6) is 5.75 Å². The first-order valence-corrected chi connectivity index (χ1v) is 13.9. The molecule has 1 N–H and O–H groups in total. The van der Waals surface area contributed by atoms with Gasteiger partial charge in [0.25, 0.3) is 10.0 Å². The zero-order valence-electron chi connectivity index (χ0n) is 21.8. The Morgan fingerprint density at radius 3 is 2.37 bits per heavy atom. The van der Waals surface area contributed by atoms with Crippen LogP contribution in [0.4, 0.5) is 5.69 Å². The SMILES string of the molecule is CCNC(=O)[C@@H](C)N(Cc1cccc(OC)c1)C(=O)CN(c1ccc(Cl)cc1C)S(=O)(=O)c1ccccc1. The highest BCUT2D eigenvalue weighted by molar-refractivity contribution is 7.92. The van der Waals surface area contributed by atoms with Crippen molar-refractivity contribution in [2.75, 3.05) is 24.5 Å². The number of nitrogens with zero attached hydrogens (tertiary/aromatic N) is 2. The fourth-order valence-corrected chi connectivity index (χ4v) is 5.73. The Bertz CT molecular complexity index is 1380. The van der Waals surface area contributed by atoms with Gasteiger partial charge in [0.2, 0.25) is 11.8 Å². The van der Waals surface area contributed by atoms with E-state index in [-0.39, 0.29) is 17.3 Å². The Morgan fingerprint density at radius 2 is 1.74 bits per heavy atom. The summed E-state index contributed by atoms with van der Waals surface area (Å²) in [6, 6.07) is 19.0. The van der Waals surface area contributed by atoms with Gasteiger partial charge >= 0.3 is 0 Å². The monoisotopic (exact) mass is 557 g/mol. The number of anilines is 1. The molecule has 0 aliphatic rings. The first kappa shape index (κ1) is 29.0. The second-order valence-electron chi connectivity index (χ2n) is 8.70. The topological polar surface area (TPSA) is 96.0 Å². The molecule has 3 aromatic rings. The van der Waals surface area contributed by atoms with Crippen molar-refractivity contribution in [3.05, 3.63) is 88.9 Å². The molecule has 0 unspecified atom stereocenters. The van der Waals surface area contributed by atoms with Crippen LogP contribution in [0.25, 0.3) is 0 Å². The van der Waals surface area contributed by atoms with E-state index >= 15 is 0 Å². The van der Waals surface area contributed by atoms with Gasteiger partial charge in [0.1, 0.15) is 18.3 Å². The molecule has 8 nitrogen and oxygen atoms in total. The Balaban J connectivity index is 2.06. The summed E-state index contributed by atoms with van der Waals surface area (Å²) in [6.45, 7) is 5.08. The van der Waals surface area contributed by atoms with Crippen molar-refractivity contribution in [1.82, 2.24) is 10.2 Å². The summed E-state index contributed by atoms with van der Waals surface area (Å²) in [6.07, 6.45) is 0. The Hall–Kier alpha value is -3.56. The van der Waals surface area contributed by atoms with Crippen LogP contribution >= 0.6 is 11.6 Å². The maximum atomic E-state index is 13.9. The molecule has 0 bridgehead atoms. The number of hydrogen-bond donors (Lipinski definition) is 1. The number of rotatable bonds is 11. The van der Waals surface area contributed by atoms with Crippen molar-refractivity contribution in [2.45, 2.75) is 38.3 Å². The summed E-state index contributed by atoms with van der Waals surface area (Å²) in [5.41, 5.74) is 1.63. The fraction of sp³-hybridized carbons (Fsp3) is 0.286. The van der Waals surface area contributed by atoms with Gasteiger partial charge in [-0.25, -0.2) is 8.42 Å². The molecule has 3 rings (SSSR count). The van der Waals surface area contributed by atoms with Crippen molar-refractivity contribution >= 4 is 39.1 Å². The fourth-order valence-electron chi connectivity index (χ4n) is 4.00. The summed E-state index contributed by atoms with van der Waals surface area (Å²) < 4.78 is 34.0. The number of hydrogen-bond acceptors (Lipinski definition) is 5. The second kappa shape index (κ2) is 12.8. The lowest BCUT2D eigenvalue weighted by Gasteiger charge is -2.32. The van der Waals surface area contributed by atoms with Crippen LogP contribution in [-0.4, -0.2) is 51.4 Å². The highest BCUT2D eigenvalue weighted by Gasteiger charge is 2.33. The summed E-state index contributed by atoms with van der Waals surface area (Å²) in [5.74, 6) is -0.282. The van der Waals surface area contributed by atoms with Crippen LogP contribution in [0.1, 0.15) is 25.0 Å². The van der Waals surface area contributed by atoms with Gasteiger partial charge in [-0.1, -0.05) is 41.9 Å². The van der Waals surface area contributed by atoms with Crippen LogP contribution in [0.3, 0.4) is 0 Å². The van der Waals surface area contributed by atoms with Gasteiger partial charge in [0.15, 0.2) is 0 Å². The lowest BCUT2D eigenvalue weighted by atomic mass is 10.1. The Morgan fingerprint density at radius 1 is 1.03 bits per heavy atom. The zero-order chi connectivity index (χ0) is 27.9. The van der Waals surface area contributed by atoms with E-state index in [9.17, 15) is 18.0 Å². The zero-order valence-corrected chi connectivity index (χ0v) is 23.4. The molecule has 202 valence electrons. The molecule has 0 spiro atoms. The van der Waals surface area contributed by atoms with Gasteiger partial charge in [0.05, 0.1) is 17.7 Å². The van der Waals surface area contributed by atoms with Gasteiger partial charge in [-0.15, -0.1) is 0 Å². The van der Waals surface area contributed by atoms with Crippen molar-refractivity contribution in [1.29, 1.82) is 0 Å². The first-order chi connectivity index (χ1) is 18.1. The normalized spacial score (nSPS) is 11.9. The third-order valence-electron chi connectivity index (χ3n) is 6.04. The van der Waals surface area contributed by atoms with E-state index in [1.807, 2.05) is 6.07 Å². The number of carbonyl (C=O) groups is 2. The van der Waals surface area contributed by atoms with Crippen LogP contribution < -0.4 is 14.4 Å². The van der Waals surface area contributed by atoms with E-state index in [0.717, 1.165) is 9.87 Å². The number of sulfonamides is 1. The summed E-state index contributed by atoms with van der Waals surface area (Å²) in [4.78, 5) is 28.1. The number of halogens is 1. The number of carbonyl (C=O) groups excluding carboxylic acids is 2. The molecule has 0 radical (unpaired) electrons. The van der Waals surface area contributed by atoms with Crippen molar-refractivity contribution < 1.29 is 22.7 Å². The maximum Gasteiger partial charge on any atom is 0.264 e. The first-order valence-electron chi connectivity index (χ1n) is 12.1. The number of ether oxygens (including phenoxy) is 1. The minimum atomic E-state index is -4.14. The number of aryl methyl sites for hydroxylation is 1. The molecule has 2 amide bonds. The van der Waals surface area contributed by atoms with Crippen molar-refractivity contribution in [3.63, 3.8) is 0 Å². The molecular formula is C28H32ClN3O5S. The van der Waals surface area contributed by atoms with Gasteiger partial charge in [-0.05, 0) is 74.4 Å². The minimum absolute atomic E-state index is 0.0401. The molecule has 3 aromatic carbocycles. The lowest BCUT2D eigenvalue weighted by molar-refractivity contribution is -0.139. The molecule has 0 fully saturated rings. The number of nitrogens with one attached hydrogen (secondary N) is 1. The standard InChI is InChI=1S/C28H32ClN3O5S/c1-5-30-28(34)21(3)31(18-22-10-9-11-24(17-22)37-4)27(33)19-32(26-15-14-23(29)16-20(26)2)38(35,36)25-12-7-6-8-13-25/h6-17,21H,5,18-19H2,1-4H3,(H,30,34)/t21-/m1/s1. The van der Waals surface area contributed by atoms with Crippen LogP contribution in [-0.2, 0) is 26.2 Å². The average Bonchev–Trinajstić information content (AvgIpc) is 2.91. The molecule has 38 heavy (non-hydrogen) atoms. The van der Waals surface area contributed by atoms with E-state index in [0.29, 0.717) is 28.6 Å². The number of methoxy groups -OCH3 is 1. The smallest absolute Gasteiger partial charge is 0.264 e. The largest absolute Gasteiger partial charge is 0.497 e. The number of benzene rings is 3. The van der Waals surface area contributed by atoms with Gasteiger partial charge < -0.3 is 15.0 Å². The Labute approximate surface area is 229 Å². The highest BCUT2D eigenvalue weighted by Crippen LogP contribution is 2.29. The summed E-state index contributed by atoms with van der Waals surface area (Å²) in [5, 5.41) is 3.19. The molecule has 10 heteroatoms. The van der Waals surface area contributed by atoms with E-state index in [4.69, 9.17) is 16.3 Å². The third-order valence-corrected chi connectivity index (χ3v) is 8.05. The van der Waals surface area contributed by atoms with Gasteiger partial charge in [-0.2, -0.15) is 0 Å². The predicted molar refractivity (Wildman–Crippen MR) is 149 cm³/mol. The van der Waals surface area contributed by atoms with Gasteiger partial charge in [-0.3, -0.25) is 13.9 Å². The minimum Gasteiger partial charge on any atom is -0.497 e. The molecule has 0 saturated carbocycles. The van der Waals surface area contributed by atoms with Crippen LogP contribution in [0, 0.1) is 6.92 Å². The third kappa shape index (κ3) is 6.85. The summed E-state index contributed by atoms with van der Waals surface area (Å²) in [7, 11) is -2.59. The molecule has 0 saturated heterocycles. The lowest BCUT2D eigenvalue weighted by Crippen LogP contribution is -2.51. The molecule has 0 aromatic heterocycles. The second-order valence-corrected chi connectivity index (χ2v) is 11.0. The van der Waals surface area contributed by atoms with E-state index in [1.165, 1.54) is 17.0 Å². The molecular weight excluding hydrogens is 526 g/mol. The highest BCUT2D eigenvalue weighted by atomic mass is 35.5. The molecule has 1 atom stereocenters. The quantitative estimate of drug-likeness (QED) is 0.377. The number of amides is 2. The Kier molecular flexibility index (Phi) is 9.77.